The number of Topliss-reactive ketones (excluding diaryl/α,β-unsaturated/α-hetero) is 1. The van der Waals surface area contributed by atoms with Crippen molar-refractivity contribution in [3.8, 4) is 17.2 Å². The first-order chi connectivity index (χ1) is 15.9. The maximum absolute atomic E-state index is 13.1. The van der Waals surface area contributed by atoms with E-state index in [-0.39, 0.29) is 24.5 Å². The molecule has 1 heterocycles. The summed E-state index contributed by atoms with van der Waals surface area (Å²) in [6.45, 7) is 4.57. The van der Waals surface area contributed by atoms with E-state index in [1.165, 1.54) is 19.1 Å². The Morgan fingerprint density at radius 1 is 1.00 bits per heavy atom. The topological polar surface area (TPSA) is 94.5 Å². The van der Waals surface area contributed by atoms with E-state index in [4.69, 9.17) is 18.9 Å². The highest BCUT2D eigenvalue weighted by molar-refractivity contribution is 6.46. The average Bonchev–Trinajstić information content (AvgIpc) is 3.07. The third-order valence-corrected chi connectivity index (χ3v) is 5.55. The van der Waals surface area contributed by atoms with Crippen molar-refractivity contribution in [3.63, 3.8) is 0 Å². The molecule has 1 N–H and O–H groups in total. The van der Waals surface area contributed by atoms with Crippen molar-refractivity contribution in [3.05, 3.63) is 58.7 Å². The van der Waals surface area contributed by atoms with Gasteiger partial charge in [-0.25, -0.2) is 0 Å². The third-order valence-electron chi connectivity index (χ3n) is 5.55. The van der Waals surface area contributed by atoms with E-state index in [0.29, 0.717) is 35.0 Å². The fraction of sp³-hybridized carbons (Fsp3) is 0.360. The average molecular weight is 456 g/mol. The number of amides is 1. The second-order valence-electron chi connectivity index (χ2n) is 7.51. The van der Waals surface area contributed by atoms with Gasteiger partial charge in [-0.2, -0.15) is 0 Å². The van der Waals surface area contributed by atoms with Crippen LogP contribution in [0.2, 0.25) is 0 Å². The summed E-state index contributed by atoms with van der Waals surface area (Å²) in [7, 11) is 4.60. The second-order valence-corrected chi connectivity index (χ2v) is 7.51. The van der Waals surface area contributed by atoms with Crippen LogP contribution in [0.5, 0.6) is 17.2 Å². The number of aliphatic hydroxyl groups excluding tert-OH is 1. The molecule has 176 valence electrons. The van der Waals surface area contributed by atoms with E-state index in [9.17, 15) is 14.7 Å². The monoisotopic (exact) mass is 455 g/mol. The summed E-state index contributed by atoms with van der Waals surface area (Å²) in [5, 5.41) is 11.2. The lowest BCUT2D eigenvalue weighted by molar-refractivity contribution is -0.140. The van der Waals surface area contributed by atoms with Crippen molar-refractivity contribution >= 4 is 17.4 Å². The van der Waals surface area contributed by atoms with Crippen molar-refractivity contribution in [2.45, 2.75) is 19.9 Å². The van der Waals surface area contributed by atoms with Gasteiger partial charge in [-0.3, -0.25) is 9.59 Å². The summed E-state index contributed by atoms with van der Waals surface area (Å²) in [5.74, 6) is -0.0429. The molecule has 8 heteroatoms. The Balaban J connectivity index is 2.18. The zero-order chi connectivity index (χ0) is 24.1. The van der Waals surface area contributed by atoms with E-state index in [2.05, 4.69) is 0 Å². The molecule has 0 radical (unpaired) electrons. The van der Waals surface area contributed by atoms with Gasteiger partial charge in [0.1, 0.15) is 11.5 Å². The minimum atomic E-state index is -0.813. The number of benzene rings is 2. The van der Waals surface area contributed by atoms with Crippen LogP contribution in [0.25, 0.3) is 5.76 Å². The SMILES string of the molecule is CCOc1ccc(C2/C(=C(/O)c3ccc(OC)c(C)c3)C(=O)C(=O)N2CCOC)cc1OC. The van der Waals surface area contributed by atoms with Crippen LogP contribution in [-0.2, 0) is 14.3 Å². The molecule has 2 aromatic carbocycles. The van der Waals surface area contributed by atoms with Crippen LogP contribution in [0, 0.1) is 6.92 Å². The molecule has 1 fully saturated rings. The Labute approximate surface area is 193 Å². The molecule has 0 saturated carbocycles. The Morgan fingerprint density at radius 2 is 1.70 bits per heavy atom. The number of carbonyl (C=O) groups is 2. The maximum atomic E-state index is 13.1. The van der Waals surface area contributed by atoms with Gasteiger partial charge in [0.2, 0.25) is 0 Å². The number of carbonyl (C=O) groups excluding carboxylic acids is 2. The highest BCUT2D eigenvalue weighted by atomic mass is 16.5. The molecule has 1 saturated heterocycles. The van der Waals surface area contributed by atoms with Crippen molar-refractivity contribution in [1.29, 1.82) is 0 Å². The van der Waals surface area contributed by atoms with Crippen LogP contribution >= 0.6 is 0 Å². The summed E-state index contributed by atoms with van der Waals surface area (Å²) in [6, 6.07) is 9.47. The van der Waals surface area contributed by atoms with Crippen LogP contribution in [0.3, 0.4) is 0 Å². The summed E-state index contributed by atoms with van der Waals surface area (Å²) in [6.07, 6.45) is 0. The van der Waals surface area contributed by atoms with Crippen molar-refractivity contribution in [2.24, 2.45) is 0 Å². The number of hydrogen-bond donors (Lipinski definition) is 1. The number of ether oxygens (including phenoxy) is 4. The first-order valence-corrected chi connectivity index (χ1v) is 10.6. The van der Waals surface area contributed by atoms with E-state index < -0.39 is 17.7 Å². The normalized spacial score (nSPS) is 17.4. The number of ketones is 1. The van der Waals surface area contributed by atoms with E-state index in [1.807, 2.05) is 13.8 Å². The molecule has 0 bridgehead atoms. The number of methoxy groups -OCH3 is 3. The molecule has 0 aliphatic carbocycles. The minimum Gasteiger partial charge on any atom is -0.507 e. The molecule has 33 heavy (non-hydrogen) atoms. The van der Waals surface area contributed by atoms with Gasteiger partial charge in [-0.15, -0.1) is 0 Å². The molecule has 8 nitrogen and oxygen atoms in total. The predicted octanol–water partition coefficient (Wildman–Crippen LogP) is 3.48. The number of rotatable bonds is 9. The van der Waals surface area contributed by atoms with Crippen molar-refractivity contribution in [1.82, 2.24) is 4.90 Å². The molecular formula is C25H29NO7. The van der Waals surface area contributed by atoms with E-state index in [0.717, 1.165) is 5.56 Å². The lowest BCUT2D eigenvalue weighted by Gasteiger charge is -2.25. The number of aryl methyl sites for hydroxylation is 1. The van der Waals surface area contributed by atoms with Gasteiger partial charge < -0.3 is 29.0 Å². The Morgan fingerprint density at radius 3 is 2.30 bits per heavy atom. The quantitative estimate of drug-likeness (QED) is 0.351. The lowest BCUT2D eigenvalue weighted by Crippen LogP contribution is -2.32. The van der Waals surface area contributed by atoms with Crippen LogP contribution in [-0.4, -0.2) is 62.8 Å². The van der Waals surface area contributed by atoms with Gasteiger partial charge in [0.15, 0.2) is 11.5 Å². The fourth-order valence-electron chi connectivity index (χ4n) is 3.96. The number of hydrogen-bond acceptors (Lipinski definition) is 7. The van der Waals surface area contributed by atoms with Gasteiger partial charge in [0.25, 0.3) is 11.7 Å². The van der Waals surface area contributed by atoms with Crippen molar-refractivity contribution in [2.75, 3.05) is 41.1 Å². The van der Waals surface area contributed by atoms with Gasteiger partial charge in [-0.05, 0) is 55.3 Å². The summed E-state index contributed by atoms with van der Waals surface area (Å²) < 4.78 is 21.5. The Kier molecular flexibility index (Phi) is 7.60. The van der Waals surface area contributed by atoms with Crippen LogP contribution in [0.4, 0.5) is 0 Å². The standard InChI is InChI=1S/C25H29NO7/c1-6-33-19-10-7-16(14-20(19)32-5)22-21(24(28)25(29)26(22)11-12-30-3)23(27)17-8-9-18(31-4)15(2)13-17/h7-10,13-14,22,27H,6,11-12H2,1-5H3/b23-21-. The predicted molar refractivity (Wildman–Crippen MR) is 123 cm³/mol. The number of aliphatic hydroxyl groups is 1. The molecule has 1 amide bonds. The Bertz CT molecular complexity index is 1080. The van der Waals surface area contributed by atoms with Crippen LogP contribution in [0.15, 0.2) is 42.0 Å². The lowest BCUT2D eigenvalue weighted by atomic mass is 9.94. The zero-order valence-electron chi connectivity index (χ0n) is 19.5. The van der Waals surface area contributed by atoms with E-state index >= 15 is 0 Å². The van der Waals surface area contributed by atoms with Crippen molar-refractivity contribution < 1.29 is 33.6 Å². The molecule has 1 aliphatic heterocycles. The number of nitrogens with zero attached hydrogens (tertiary/aromatic N) is 1. The summed E-state index contributed by atoms with van der Waals surface area (Å²) in [5.41, 5.74) is 1.82. The Hall–Kier alpha value is -3.52. The summed E-state index contributed by atoms with van der Waals surface area (Å²) >= 11 is 0. The van der Waals surface area contributed by atoms with Crippen LogP contribution in [0.1, 0.15) is 29.7 Å². The highest BCUT2D eigenvalue weighted by Gasteiger charge is 2.46. The molecular weight excluding hydrogens is 426 g/mol. The molecule has 3 rings (SSSR count). The van der Waals surface area contributed by atoms with Gasteiger partial charge in [-0.1, -0.05) is 6.07 Å². The molecule has 0 spiro atoms. The first-order valence-electron chi connectivity index (χ1n) is 10.6. The second kappa shape index (κ2) is 10.4. The minimum absolute atomic E-state index is 0.00637. The highest BCUT2D eigenvalue weighted by Crippen LogP contribution is 2.42. The maximum Gasteiger partial charge on any atom is 0.295 e. The molecule has 1 atom stereocenters. The van der Waals surface area contributed by atoms with Gasteiger partial charge in [0, 0.05) is 19.2 Å². The summed E-state index contributed by atoms with van der Waals surface area (Å²) in [4.78, 5) is 27.4. The molecule has 0 aromatic heterocycles. The largest absolute Gasteiger partial charge is 0.507 e. The van der Waals surface area contributed by atoms with Crippen LogP contribution < -0.4 is 14.2 Å². The van der Waals surface area contributed by atoms with Gasteiger partial charge in [0.05, 0.1) is 39.0 Å². The fourth-order valence-corrected chi connectivity index (χ4v) is 3.96. The molecule has 1 unspecified atom stereocenters. The number of likely N-dealkylation sites (tertiary alicyclic amines) is 1. The molecule has 2 aromatic rings. The molecule has 1 aliphatic rings. The third kappa shape index (κ3) is 4.66. The first kappa shape index (κ1) is 24.1. The van der Waals surface area contributed by atoms with Gasteiger partial charge >= 0.3 is 0 Å². The zero-order valence-corrected chi connectivity index (χ0v) is 19.5. The van der Waals surface area contributed by atoms with E-state index in [1.54, 1.807) is 43.5 Å². The smallest absolute Gasteiger partial charge is 0.295 e.